The predicted molar refractivity (Wildman–Crippen MR) is 68.8 cm³/mol. The summed E-state index contributed by atoms with van der Waals surface area (Å²) >= 11 is 0. The molecule has 1 aromatic rings. The minimum atomic E-state index is -0.188. The van der Waals surface area contributed by atoms with E-state index < -0.39 is 0 Å². The Morgan fingerprint density at radius 3 is 2.33 bits per heavy atom. The van der Waals surface area contributed by atoms with Crippen LogP contribution in [0.5, 0.6) is 11.5 Å². The molecule has 18 heavy (non-hydrogen) atoms. The summed E-state index contributed by atoms with van der Waals surface area (Å²) < 4.78 is 0. The van der Waals surface area contributed by atoms with Crippen LogP contribution in [0.25, 0.3) is 0 Å². The maximum absolute atomic E-state index is 11.9. The number of phenolic OH excluding ortho intramolecular Hbond substituents is 2. The lowest BCUT2D eigenvalue weighted by Crippen LogP contribution is -2.40. The number of urea groups is 1. The zero-order valence-corrected chi connectivity index (χ0v) is 10.4. The van der Waals surface area contributed by atoms with E-state index in [9.17, 15) is 15.0 Å². The number of benzene rings is 1. The quantitative estimate of drug-likeness (QED) is 0.716. The van der Waals surface area contributed by atoms with Gasteiger partial charge in [0.05, 0.1) is 0 Å². The Morgan fingerprint density at radius 1 is 1.22 bits per heavy atom. The Balaban J connectivity index is 1.98. The number of piperidine rings is 1. The van der Waals surface area contributed by atoms with Crippen molar-refractivity contribution >= 4 is 11.7 Å². The summed E-state index contributed by atoms with van der Waals surface area (Å²) in [5.74, 6) is 0.522. The Kier molecular flexibility index (Phi) is 3.60. The molecule has 1 aromatic carbocycles. The molecule has 2 amide bonds. The van der Waals surface area contributed by atoms with Crippen LogP contribution in [-0.4, -0.2) is 34.2 Å². The molecule has 1 aliphatic heterocycles. The first-order chi connectivity index (χ1) is 8.54. The highest BCUT2D eigenvalue weighted by molar-refractivity contribution is 5.89. The third-order valence-electron chi connectivity index (χ3n) is 3.22. The van der Waals surface area contributed by atoms with Crippen LogP contribution in [0.1, 0.15) is 19.8 Å². The van der Waals surface area contributed by atoms with Crippen LogP contribution in [0.2, 0.25) is 0 Å². The number of hydrogen-bond acceptors (Lipinski definition) is 3. The molecule has 0 unspecified atom stereocenters. The molecular formula is C13H18N2O3. The number of aromatic hydroxyl groups is 2. The second-order valence-electron chi connectivity index (χ2n) is 4.84. The molecule has 0 saturated carbocycles. The van der Waals surface area contributed by atoms with Gasteiger partial charge in [0, 0.05) is 37.0 Å². The molecule has 1 saturated heterocycles. The van der Waals surface area contributed by atoms with E-state index in [4.69, 9.17) is 0 Å². The molecule has 1 fully saturated rings. The standard InChI is InChI=1S/C13H18N2O3/c1-9-2-4-15(5-3-9)13(18)14-10-6-11(16)8-12(17)7-10/h6-9,16-17H,2-5H2,1H3,(H,14,18). The second-order valence-corrected chi connectivity index (χ2v) is 4.84. The number of carbonyl (C=O) groups excluding carboxylic acids is 1. The van der Waals surface area contributed by atoms with Crippen LogP contribution in [0.3, 0.4) is 0 Å². The summed E-state index contributed by atoms with van der Waals surface area (Å²) in [4.78, 5) is 13.7. The van der Waals surface area contributed by atoms with Crippen LogP contribution in [-0.2, 0) is 0 Å². The van der Waals surface area contributed by atoms with Gasteiger partial charge < -0.3 is 20.4 Å². The zero-order valence-electron chi connectivity index (χ0n) is 10.4. The average Bonchev–Trinajstić information content (AvgIpc) is 2.28. The van der Waals surface area contributed by atoms with Crippen molar-refractivity contribution in [1.29, 1.82) is 0 Å². The van der Waals surface area contributed by atoms with E-state index in [0.29, 0.717) is 11.6 Å². The van der Waals surface area contributed by atoms with Crippen molar-refractivity contribution < 1.29 is 15.0 Å². The van der Waals surface area contributed by atoms with Crippen molar-refractivity contribution in [2.45, 2.75) is 19.8 Å². The molecule has 5 heteroatoms. The SMILES string of the molecule is CC1CCN(C(=O)Nc2cc(O)cc(O)c2)CC1. The summed E-state index contributed by atoms with van der Waals surface area (Å²) in [6.07, 6.45) is 2.03. The van der Waals surface area contributed by atoms with Crippen LogP contribution in [0, 0.1) is 5.92 Å². The Bertz CT molecular complexity index is 420. The van der Waals surface area contributed by atoms with Gasteiger partial charge in [-0.05, 0) is 18.8 Å². The van der Waals surface area contributed by atoms with Gasteiger partial charge in [-0.15, -0.1) is 0 Å². The lowest BCUT2D eigenvalue weighted by atomic mass is 10.00. The van der Waals surface area contributed by atoms with Crippen LogP contribution in [0.15, 0.2) is 18.2 Å². The van der Waals surface area contributed by atoms with Crippen LogP contribution >= 0.6 is 0 Å². The van der Waals surface area contributed by atoms with Crippen LogP contribution in [0.4, 0.5) is 10.5 Å². The predicted octanol–water partition coefficient (Wildman–Crippen LogP) is 2.36. The topological polar surface area (TPSA) is 72.8 Å². The molecule has 1 aliphatic rings. The van der Waals surface area contributed by atoms with Gasteiger partial charge in [0.15, 0.2) is 0 Å². The Morgan fingerprint density at radius 2 is 1.78 bits per heavy atom. The second kappa shape index (κ2) is 5.16. The highest BCUT2D eigenvalue weighted by Gasteiger charge is 2.20. The first kappa shape index (κ1) is 12.5. The summed E-state index contributed by atoms with van der Waals surface area (Å²) in [5.41, 5.74) is 0.399. The first-order valence-corrected chi connectivity index (χ1v) is 6.13. The van der Waals surface area contributed by atoms with Crippen molar-refractivity contribution in [3.05, 3.63) is 18.2 Å². The molecule has 0 radical (unpaired) electrons. The fraction of sp³-hybridized carbons (Fsp3) is 0.462. The van der Waals surface area contributed by atoms with Gasteiger partial charge in [-0.2, -0.15) is 0 Å². The van der Waals surface area contributed by atoms with E-state index >= 15 is 0 Å². The smallest absolute Gasteiger partial charge is 0.321 e. The highest BCUT2D eigenvalue weighted by atomic mass is 16.3. The van der Waals surface area contributed by atoms with Crippen molar-refractivity contribution in [3.63, 3.8) is 0 Å². The fourth-order valence-electron chi connectivity index (χ4n) is 2.08. The molecule has 0 bridgehead atoms. The largest absolute Gasteiger partial charge is 0.508 e. The molecule has 2 rings (SSSR count). The third kappa shape index (κ3) is 3.06. The number of amides is 2. The molecule has 0 spiro atoms. The number of likely N-dealkylation sites (tertiary alicyclic amines) is 1. The molecule has 1 heterocycles. The average molecular weight is 250 g/mol. The van der Waals surface area contributed by atoms with Gasteiger partial charge in [0.1, 0.15) is 11.5 Å². The van der Waals surface area contributed by atoms with Crippen molar-refractivity contribution in [2.75, 3.05) is 18.4 Å². The maximum Gasteiger partial charge on any atom is 0.321 e. The van der Waals surface area contributed by atoms with Crippen molar-refractivity contribution in [3.8, 4) is 11.5 Å². The summed E-state index contributed by atoms with van der Waals surface area (Å²) in [7, 11) is 0. The molecular weight excluding hydrogens is 232 g/mol. The number of hydrogen-bond donors (Lipinski definition) is 3. The van der Waals surface area contributed by atoms with Crippen molar-refractivity contribution in [2.24, 2.45) is 5.92 Å². The van der Waals surface area contributed by atoms with E-state index in [0.717, 1.165) is 25.9 Å². The lowest BCUT2D eigenvalue weighted by molar-refractivity contribution is 0.186. The van der Waals surface area contributed by atoms with E-state index in [1.54, 1.807) is 4.90 Å². The van der Waals surface area contributed by atoms with Gasteiger partial charge in [-0.3, -0.25) is 0 Å². The number of carbonyl (C=O) groups is 1. The molecule has 98 valence electrons. The Labute approximate surface area is 106 Å². The number of rotatable bonds is 1. The van der Waals surface area contributed by atoms with E-state index in [-0.39, 0.29) is 17.5 Å². The van der Waals surface area contributed by atoms with E-state index in [1.165, 1.54) is 18.2 Å². The summed E-state index contributed by atoms with van der Waals surface area (Å²) in [6, 6.07) is 3.85. The van der Waals surface area contributed by atoms with E-state index in [1.807, 2.05) is 0 Å². The molecule has 3 N–H and O–H groups in total. The summed E-state index contributed by atoms with van der Waals surface area (Å²) in [5, 5.41) is 21.3. The number of nitrogens with one attached hydrogen (secondary N) is 1. The monoisotopic (exact) mass is 250 g/mol. The molecule has 0 aromatic heterocycles. The first-order valence-electron chi connectivity index (χ1n) is 6.13. The number of phenols is 2. The maximum atomic E-state index is 11.9. The normalized spacial score (nSPS) is 16.6. The van der Waals surface area contributed by atoms with Gasteiger partial charge in [0.25, 0.3) is 0 Å². The molecule has 5 nitrogen and oxygen atoms in total. The third-order valence-corrected chi connectivity index (χ3v) is 3.22. The minimum absolute atomic E-state index is 0.0717. The highest BCUT2D eigenvalue weighted by Crippen LogP contribution is 2.24. The summed E-state index contributed by atoms with van der Waals surface area (Å²) in [6.45, 7) is 3.68. The Hall–Kier alpha value is -1.91. The van der Waals surface area contributed by atoms with Gasteiger partial charge in [-0.1, -0.05) is 6.92 Å². The van der Waals surface area contributed by atoms with Gasteiger partial charge >= 0.3 is 6.03 Å². The van der Waals surface area contributed by atoms with Gasteiger partial charge in [-0.25, -0.2) is 4.79 Å². The number of nitrogens with zero attached hydrogens (tertiary/aromatic N) is 1. The zero-order chi connectivity index (χ0) is 13.1. The fourth-order valence-corrected chi connectivity index (χ4v) is 2.08. The van der Waals surface area contributed by atoms with E-state index in [2.05, 4.69) is 12.2 Å². The lowest BCUT2D eigenvalue weighted by Gasteiger charge is -2.30. The number of anilines is 1. The van der Waals surface area contributed by atoms with Gasteiger partial charge in [0.2, 0.25) is 0 Å². The molecule has 0 aliphatic carbocycles. The van der Waals surface area contributed by atoms with Crippen LogP contribution < -0.4 is 5.32 Å². The molecule has 0 atom stereocenters. The van der Waals surface area contributed by atoms with Crippen molar-refractivity contribution in [1.82, 2.24) is 4.90 Å². The minimum Gasteiger partial charge on any atom is -0.508 e.